The number of hydrogen-bond donors (Lipinski definition) is 1. The molecule has 2 fully saturated rings. The molecule has 4 rings (SSSR count). The van der Waals surface area contributed by atoms with Crippen molar-refractivity contribution >= 4 is 22.7 Å². The maximum atomic E-state index is 12.9. The number of carbonyl (C=O) groups is 2. The number of benzene rings is 1. The summed E-state index contributed by atoms with van der Waals surface area (Å²) in [4.78, 5) is 31.4. The number of amides is 2. The third-order valence-corrected chi connectivity index (χ3v) is 5.57. The molecule has 0 unspecified atom stereocenters. The van der Waals surface area contributed by atoms with Crippen molar-refractivity contribution in [2.75, 3.05) is 0 Å². The van der Waals surface area contributed by atoms with E-state index in [1.54, 1.807) is 11.8 Å². The van der Waals surface area contributed by atoms with E-state index in [1.807, 2.05) is 25.1 Å². The number of nitrogens with two attached hydrogens (primary N) is 1. The van der Waals surface area contributed by atoms with Gasteiger partial charge in [0.05, 0.1) is 23.6 Å². The van der Waals surface area contributed by atoms with Gasteiger partial charge < -0.3 is 10.6 Å². The van der Waals surface area contributed by atoms with Gasteiger partial charge in [-0.15, -0.1) is 0 Å². The van der Waals surface area contributed by atoms with E-state index in [4.69, 9.17) is 5.73 Å². The summed E-state index contributed by atoms with van der Waals surface area (Å²) in [6, 6.07) is 7.68. The number of fused-ring (bicyclic) bond motifs is 2. The minimum atomic E-state index is -0.560. The standard InChI is InChI=1S/C20H20N4O2/c1-10-3-4-14-16(5-10)23-11(2)15(19(14)20(22)26)8-18(25)24-13(9-21)6-12-7-17(12)24/h3-5,12-13,17H,6-8H2,1-2H3,(H2,22,26)/t12-,13+,17+/m1/s1. The van der Waals surface area contributed by atoms with Gasteiger partial charge >= 0.3 is 0 Å². The van der Waals surface area contributed by atoms with Crippen molar-refractivity contribution in [2.24, 2.45) is 11.7 Å². The molecule has 2 aromatic rings. The molecule has 1 aromatic carbocycles. The summed E-state index contributed by atoms with van der Waals surface area (Å²) in [5.41, 5.74) is 8.96. The van der Waals surface area contributed by atoms with Crippen molar-refractivity contribution in [3.8, 4) is 6.07 Å². The molecular formula is C20H20N4O2. The Morgan fingerprint density at radius 2 is 2.12 bits per heavy atom. The number of aromatic nitrogens is 1. The Bertz CT molecular complexity index is 991. The number of primary amides is 1. The molecule has 1 aliphatic heterocycles. The van der Waals surface area contributed by atoms with Crippen LogP contribution < -0.4 is 5.73 Å². The first-order valence-corrected chi connectivity index (χ1v) is 8.81. The van der Waals surface area contributed by atoms with E-state index in [2.05, 4.69) is 11.1 Å². The van der Waals surface area contributed by atoms with Crippen molar-refractivity contribution in [2.45, 2.75) is 45.2 Å². The molecule has 2 amide bonds. The monoisotopic (exact) mass is 348 g/mol. The number of pyridine rings is 1. The lowest BCUT2D eigenvalue weighted by atomic mass is 9.96. The van der Waals surface area contributed by atoms with Crippen LogP contribution >= 0.6 is 0 Å². The summed E-state index contributed by atoms with van der Waals surface area (Å²) in [6.45, 7) is 3.75. The second-order valence-electron chi connectivity index (χ2n) is 7.36. The van der Waals surface area contributed by atoms with E-state index in [9.17, 15) is 14.9 Å². The minimum Gasteiger partial charge on any atom is -0.366 e. The predicted molar refractivity (Wildman–Crippen MR) is 96.2 cm³/mol. The Hall–Kier alpha value is -2.94. The summed E-state index contributed by atoms with van der Waals surface area (Å²) in [5, 5.41) is 9.99. The highest BCUT2D eigenvalue weighted by Crippen LogP contribution is 2.47. The number of piperidine rings is 1. The molecule has 6 heteroatoms. The van der Waals surface area contributed by atoms with Crippen LogP contribution in [-0.4, -0.2) is 33.8 Å². The summed E-state index contributed by atoms with van der Waals surface area (Å²) >= 11 is 0. The zero-order chi connectivity index (χ0) is 18.6. The van der Waals surface area contributed by atoms with E-state index in [1.165, 1.54) is 0 Å². The molecule has 2 N–H and O–H groups in total. The van der Waals surface area contributed by atoms with Gasteiger partial charge in [0.2, 0.25) is 11.8 Å². The van der Waals surface area contributed by atoms with Crippen molar-refractivity contribution in [1.82, 2.24) is 9.88 Å². The topological polar surface area (TPSA) is 100 Å². The number of aryl methyl sites for hydroxylation is 2. The van der Waals surface area contributed by atoms with Crippen molar-refractivity contribution < 1.29 is 9.59 Å². The maximum Gasteiger partial charge on any atom is 0.249 e. The molecule has 6 nitrogen and oxygen atoms in total. The van der Waals surface area contributed by atoms with Crippen LogP contribution in [0.25, 0.3) is 10.9 Å². The molecule has 132 valence electrons. The van der Waals surface area contributed by atoms with E-state index < -0.39 is 5.91 Å². The van der Waals surface area contributed by atoms with Crippen LogP contribution in [0.1, 0.15) is 40.0 Å². The molecule has 26 heavy (non-hydrogen) atoms. The predicted octanol–water partition coefficient (Wildman–Crippen LogP) is 2.01. The number of carbonyl (C=O) groups excluding carboxylic acids is 2. The van der Waals surface area contributed by atoms with Gasteiger partial charge in [0.15, 0.2) is 0 Å². The first-order chi connectivity index (χ1) is 12.4. The van der Waals surface area contributed by atoms with Gasteiger partial charge in [0.25, 0.3) is 0 Å². The Kier molecular flexibility index (Phi) is 3.69. The fourth-order valence-electron chi connectivity index (χ4n) is 4.21. The second kappa shape index (κ2) is 5.80. The summed E-state index contributed by atoms with van der Waals surface area (Å²) in [6.07, 6.45) is 1.77. The highest BCUT2D eigenvalue weighted by molar-refractivity contribution is 6.07. The van der Waals surface area contributed by atoms with Crippen LogP contribution in [0.15, 0.2) is 18.2 Å². The quantitative estimate of drug-likeness (QED) is 0.917. The van der Waals surface area contributed by atoms with E-state index in [0.29, 0.717) is 33.6 Å². The Labute approximate surface area is 151 Å². The number of nitriles is 1. The lowest BCUT2D eigenvalue weighted by Crippen LogP contribution is -2.39. The van der Waals surface area contributed by atoms with Crippen molar-refractivity contribution in [1.29, 1.82) is 5.26 Å². The molecule has 1 saturated carbocycles. The van der Waals surface area contributed by atoms with Crippen LogP contribution in [0.2, 0.25) is 0 Å². The van der Waals surface area contributed by atoms with Crippen molar-refractivity contribution in [3.63, 3.8) is 0 Å². The smallest absolute Gasteiger partial charge is 0.249 e. The van der Waals surface area contributed by atoms with Gasteiger partial charge in [-0.25, -0.2) is 0 Å². The Morgan fingerprint density at radius 3 is 2.81 bits per heavy atom. The fraction of sp³-hybridized carbons (Fsp3) is 0.400. The zero-order valence-corrected chi connectivity index (χ0v) is 14.8. The van der Waals surface area contributed by atoms with Gasteiger partial charge in [0.1, 0.15) is 6.04 Å². The number of likely N-dealkylation sites (tertiary alicyclic amines) is 1. The van der Waals surface area contributed by atoms with Crippen LogP contribution in [0, 0.1) is 31.1 Å². The van der Waals surface area contributed by atoms with Crippen LogP contribution in [0.4, 0.5) is 0 Å². The van der Waals surface area contributed by atoms with Gasteiger partial charge in [-0.05, 0) is 49.8 Å². The molecule has 0 radical (unpaired) electrons. The fourth-order valence-corrected chi connectivity index (χ4v) is 4.21. The number of hydrogen-bond acceptors (Lipinski definition) is 4. The SMILES string of the molecule is Cc1ccc2c(C(N)=O)c(CC(=O)N3[C@H](C#N)C[C@@H]4C[C@@H]43)c(C)nc2c1. The lowest BCUT2D eigenvalue weighted by molar-refractivity contribution is -0.131. The first-order valence-electron chi connectivity index (χ1n) is 8.81. The normalized spacial score (nSPS) is 23.6. The lowest BCUT2D eigenvalue weighted by Gasteiger charge is -2.23. The minimum absolute atomic E-state index is 0.0440. The van der Waals surface area contributed by atoms with Gasteiger partial charge in [-0.2, -0.15) is 5.26 Å². The Balaban J connectivity index is 1.76. The average molecular weight is 348 g/mol. The van der Waals surface area contributed by atoms with Crippen LogP contribution in [0.5, 0.6) is 0 Å². The average Bonchev–Trinajstić information content (AvgIpc) is 3.24. The third kappa shape index (κ3) is 2.51. The number of nitrogens with zero attached hydrogens (tertiary/aromatic N) is 3. The molecule has 1 aromatic heterocycles. The van der Waals surface area contributed by atoms with Gasteiger partial charge in [-0.1, -0.05) is 12.1 Å². The van der Waals surface area contributed by atoms with Gasteiger partial charge in [0, 0.05) is 17.1 Å². The molecule has 2 heterocycles. The summed E-state index contributed by atoms with van der Waals surface area (Å²) in [5.74, 6) is -0.229. The van der Waals surface area contributed by atoms with Crippen LogP contribution in [-0.2, 0) is 11.2 Å². The van der Waals surface area contributed by atoms with Crippen molar-refractivity contribution in [3.05, 3.63) is 40.6 Å². The van der Waals surface area contributed by atoms with E-state index in [0.717, 1.165) is 18.4 Å². The molecular weight excluding hydrogens is 328 g/mol. The molecule has 1 saturated heterocycles. The highest BCUT2D eigenvalue weighted by Gasteiger charge is 2.54. The Morgan fingerprint density at radius 1 is 1.35 bits per heavy atom. The van der Waals surface area contributed by atoms with Crippen LogP contribution in [0.3, 0.4) is 0 Å². The maximum absolute atomic E-state index is 12.9. The largest absolute Gasteiger partial charge is 0.366 e. The molecule has 0 bridgehead atoms. The highest BCUT2D eigenvalue weighted by atomic mass is 16.2. The summed E-state index contributed by atoms with van der Waals surface area (Å²) < 4.78 is 0. The van der Waals surface area contributed by atoms with E-state index >= 15 is 0 Å². The number of rotatable bonds is 3. The third-order valence-electron chi connectivity index (χ3n) is 5.57. The molecule has 0 spiro atoms. The zero-order valence-electron chi connectivity index (χ0n) is 14.8. The van der Waals surface area contributed by atoms with E-state index in [-0.39, 0.29) is 24.4 Å². The first kappa shape index (κ1) is 16.5. The molecule has 1 aliphatic carbocycles. The summed E-state index contributed by atoms with van der Waals surface area (Å²) in [7, 11) is 0. The molecule has 2 aliphatic rings. The van der Waals surface area contributed by atoms with Gasteiger partial charge in [-0.3, -0.25) is 14.6 Å². The second-order valence-corrected chi connectivity index (χ2v) is 7.36. The molecule has 3 atom stereocenters.